The van der Waals surface area contributed by atoms with E-state index in [1.54, 1.807) is 18.7 Å². The second-order valence-corrected chi connectivity index (χ2v) is 8.38. The molecule has 1 atom stereocenters. The second-order valence-electron chi connectivity index (χ2n) is 6.67. The summed E-state index contributed by atoms with van der Waals surface area (Å²) in [7, 11) is -2.41. The lowest BCUT2D eigenvalue weighted by Gasteiger charge is -2.22. The first-order chi connectivity index (χ1) is 12.7. The molecule has 2 rings (SSSR count). The molecule has 0 aromatic heterocycles. The quantitative estimate of drug-likeness (QED) is 0.627. The van der Waals surface area contributed by atoms with Crippen LogP contribution in [-0.2, 0) is 24.3 Å². The number of methoxy groups -OCH3 is 1. The predicted octanol–water partition coefficient (Wildman–Crippen LogP) is 1.16. The van der Waals surface area contributed by atoms with Gasteiger partial charge in [0, 0.05) is 13.0 Å². The van der Waals surface area contributed by atoms with Crippen molar-refractivity contribution in [3.63, 3.8) is 0 Å². The summed E-state index contributed by atoms with van der Waals surface area (Å²) in [5.41, 5.74) is 0. The number of hydrogen-bond donors (Lipinski definition) is 1. The van der Waals surface area contributed by atoms with Crippen molar-refractivity contribution in [2.24, 2.45) is 5.92 Å². The maximum Gasteiger partial charge on any atom is 0.324 e. The highest BCUT2D eigenvalue weighted by Gasteiger charge is 2.30. The van der Waals surface area contributed by atoms with E-state index >= 15 is 0 Å². The average molecular weight is 398 g/mol. The molecule has 0 unspecified atom stereocenters. The van der Waals surface area contributed by atoms with Crippen molar-refractivity contribution in [1.82, 2.24) is 9.62 Å². The minimum atomic E-state index is -3.89. The van der Waals surface area contributed by atoms with Gasteiger partial charge in [-0.1, -0.05) is 13.8 Å². The summed E-state index contributed by atoms with van der Waals surface area (Å²) >= 11 is 0. The molecule has 27 heavy (non-hydrogen) atoms. The summed E-state index contributed by atoms with van der Waals surface area (Å²) in [4.78, 5) is 25.6. The van der Waals surface area contributed by atoms with Crippen LogP contribution in [0.15, 0.2) is 29.2 Å². The van der Waals surface area contributed by atoms with Crippen LogP contribution >= 0.6 is 0 Å². The van der Waals surface area contributed by atoms with Gasteiger partial charge in [0.15, 0.2) is 0 Å². The Hall–Kier alpha value is -2.13. The van der Waals surface area contributed by atoms with Gasteiger partial charge in [0.25, 0.3) is 0 Å². The summed E-state index contributed by atoms with van der Waals surface area (Å²) in [6.45, 7) is 4.48. The Morgan fingerprint density at radius 3 is 2.44 bits per heavy atom. The Kier molecular flexibility index (Phi) is 7.20. The van der Waals surface area contributed by atoms with Crippen LogP contribution in [-0.4, -0.2) is 58.0 Å². The maximum atomic E-state index is 12.6. The van der Waals surface area contributed by atoms with Crippen LogP contribution in [0.5, 0.6) is 5.75 Å². The van der Waals surface area contributed by atoms with Crippen molar-refractivity contribution in [3.05, 3.63) is 24.3 Å². The molecule has 1 heterocycles. The van der Waals surface area contributed by atoms with E-state index in [2.05, 4.69) is 4.72 Å². The number of sulfonamides is 1. The number of nitrogens with zero attached hydrogens (tertiary/aromatic N) is 1. The van der Waals surface area contributed by atoms with Crippen molar-refractivity contribution >= 4 is 21.9 Å². The van der Waals surface area contributed by atoms with E-state index in [-0.39, 0.29) is 23.3 Å². The summed E-state index contributed by atoms with van der Waals surface area (Å²) < 4.78 is 37.8. The van der Waals surface area contributed by atoms with Gasteiger partial charge >= 0.3 is 5.97 Å². The number of esters is 1. The summed E-state index contributed by atoms with van der Waals surface area (Å²) in [6.07, 6.45) is 1.33. The van der Waals surface area contributed by atoms with Crippen LogP contribution in [0.2, 0.25) is 0 Å². The minimum absolute atomic E-state index is 0.0319. The van der Waals surface area contributed by atoms with Crippen LogP contribution in [0.1, 0.15) is 26.7 Å². The van der Waals surface area contributed by atoms with Crippen LogP contribution in [0.25, 0.3) is 0 Å². The van der Waals surface area contributed by atoms with Crippen molar-refractivity contribution in [2.45, 2.75) is 37.6 Å². The third-order valence-electron chi connectivity index (χ3n) is 4.35. The number of benzene rings is 1. The zero-order valence-corrected chi connectivity index (χ0v) is 16.6. The fourth-order valence-electron chi connectivity index (χ4n) is 2.73. The lowest BCUT2D eigenvalue weighted by molar-refractivity contribution is -0.148. The number of likely N-dealkylation sites (tertiary alicyclic amines) is 1. The number of hydrogen-bond acceptors (Lipinski definition) is 6. The first-order valence-corrected chi connectivity index (χ1v) is 10.3. The van der Waals surface area contributed by atoms with Gasteiger partial charge in [0.2, 0.25) is 15.9 Å². The molecular weight excluding hydrogens is 372 g/mol. The van der Waals surface area contributed by atoms with Gasteiger partial charge in [-0.05, 0) is 36.6 Å². The zero-order valence-electron chi connectivity index (χ0n) is 15.8. The molecule has 0 radical (unpaired) electrons. The monoisotopic (exact) mass is 398 g/mol. The Balaban J connectivity index is 1.98. The van der Waals surface area contributed by atoms with Gasteiger partial charge in [-0.3, -0.25) is 9.59 Å². The van der Waals surface area contributed by atoms with Crippen LogP contribution in [0, 0.1) is 5.92 Å². The number of nitrogens with one attached hydrogen (secondary N) is 1. The van der Waals surface area contributed by atoms with Crippen molar-refractivity contribution < 1.29 is 27.5 Å². The number of carbonyl (C=O) groups excluding carboxylic acids is 2. The Morgan fingerprint density at radius 1 is 1.26 bits per heavy atom. The number of amides is 1. The first-order valence-electron chi connectivity index (χ1n) is 8.85. The summed E-state index contributed by atoms with van der Waals surface area (Å²) in [5.74, 6) is -0.385. The Labute approximate surface area is 159 Å². The molecule has 1 aliphatic rings. The standard InChI is InChI=1S/C18H26N2O6S/c1-13(2)17(18(22)26-12-11-20-10-4-5-16(20)21)19-27(23,24)15-8-6-14(25-3)7-9-15/h6-9,13,17,19H,4-5,10-12H2,1-3H3/t17-/m0/s1. The van der Waals surface area contributed by atoms with E-state index < -0.39 is 22.0 Å². The lowest BCUT2D eigenvalue weighted by atomic mass is 10.1. The predicted molar refractivity (Wildman–Crippen MR) is 98.7 cm³/mol. The molecule has 1 aromatic rings. The molecule has 150 valence electrons. The molecule has 1 fully saturated rings. The Bertz CT molecular complexity index is 761. The van der Waals surface area contributed by atoms with Crippen molar-refractivity contribution in [2.75, 3.05) is 26.8 Å². The van der Waals surface area contributed by atoms with Crippen LogP contribution in [0.4, 0.5) is 0 Å². The first kappa shape index (κ1) is 21.2. The van der Waals surface area contributed by atoms with Crippen molar-refractivity contribution in [3.8, 4) is 5.75 Å². The molecular formula is C18H26N2O6S. The van der Waals surface area contributed by atoms with Gasteiger partial charge in [-0.25, -0.2) is 8.42 Å². The molecule has 1 aliphatic heterocycles. The summed E-state index contributed by atoms with van der Waals surface area (Å²) in [6, 6.07) is 4.85. The molecule has 9 heteroatoms. The van der Waals surface area contributed by atoms with Gasteiger partial charge in [-0.2, -0.15) is 4.72 Å². The Morgan fingerprint density at radius 2 is 1.93 bits per heavy atom. The largest absolute Gasteiger partial charge is 0.497 e. The van der Waals surface area contributed by atoms with Crippen LogP contribution in [0.3, 0.4) is 0 Å². The van der Waals surface area contributed by atoms with E-state index in [1.165, 1.54) is 31.4 Å². The number of carbonyl (C=O) groups is 2. The van der Waals surface area contributed by atoms with E-state index in [0.717, 1.165) is 6.42 Å². The fourth-order valence-corrected chi connectivity index (χ4v) is 4.07. The highest BCUT2D eigenvalue weighted by Crippen LogP contribution is 2.17. The maximum absolute atomic E-state index is 12.6. The normalized spacial score (nSPS) is 15.9. The molecule has 1 aromatic carbocycles. The smallest absolute Gasteiger partial charge is 0.324 e. The molecule has 0 bridgehead atoms. The molecule has 0 saturated carbocycles. The topological polar surface area (TPSA) is 102 Å². The van der Waals surface area contributed by atoms with Crippen LogP contribution < -0.4 is 9.46 Å². The molecule has 1 saturated heterocycles. The van der Waals surface area contributed by atoms with E-state index in [1.807, 2.05) is 0 Å². The highest BCUT2D eigenvalue weighted by molar-refractivity contribution is 7.89. The lowest BCUT2D eigenvalue weighted by Crippen LogP contribution is -2.45. The fraction of sp³-hybridized carbons (Fsp3) is 0.556. The summed E-state index contributed by atoms with van der Waals surface area (Å²) in [5, 5.41) is 0. The molecule has 0 spiro atoms. The van der Waals surface area contributed by atoms with Gasteiger partial charge < -0.3 is 14.4 Å². The SMILES string of the molecule is COc1ccc(S(=O)(=O)N[C@H](C(=O)OCCN2CCCC2=O)C(C)C)cc1. The average Bonchev–Trinajstić information content (AvgIpc) is 3.04. The molecule has 1 amide bonds. The molecule has 8 nitrogen and oxygen atoms in total. The second kappa shape index (κ2) is 9.18. The van der Waals surface area contributed by atoms with E-state index in [9.17, 15) is 18.0 Å². The number of rotatable bonds is 9. The third-order valence-corrected chi connectivity index (χ3v) is 5.81. The van der Waals surface area contributed by atoms with Gasteiger partial charge in [0.1, 0.15) is 18.4 Å². The third kappa shape index (κ3) is 5.67. The minimum Gasteiger partial charge on any atom is -0.497 e. The number of ether oxygens (including phenoxy) is 2. The van der Waals surface area contributed by atoms with E-state index in [0.29, 0.717) is 25.3 Å². The van der Waals surface area contributed by atoms with Crippen molar-refractivity contribution in [1.29, 1.82) is 0 Å². The zero-order chi connectivity index (χ0) is 20.0. The van der Waals surface area contributed by atoms with E-state index in [4.69, 9.17) is 9.47 Å². The van der Waals surface area contributed by atoms with Gasteiger partial charge in [-0.15, -0.1) is 0 Å². The highest BCUT2D eigenvalue weighted by atomic mass is 32.2. The van der Waals surface area contributed by atoms with Gasteiger partial charge in [0.05, 0.1) is 18.6 Å². The molecule has 0 aliphatic carbocycles. The molecule has 1 N–H and O–H groups in total.